The molecule has 0 bridgehead atoms. The van der Waals surface area contributed by atoms with Crippen molar-refractivity contribution in [1.82, 2.24) is 30.4 Å². The molecule has 0 spiro atoms. The summed E-state index contributed by atoms with van der Waals surface area (Å²) in [5.41, 5.74) is 4.16. The van der Waals surface area contributed by atoms with Crippen LogP contribution in [0.3, 0.4) is 0 Å². The summed E-state index contributed by atoms with van der Waals surface area (Å²) in [5.74, 6) is 0. The van der Waals surface area contributed by atoms with E-state index in [1.54, 1.807) is 17.2 Å². The summed E-state index contributed by atoms with van der Waals surface area (Å²) in [4.78, 5) is 0. The fraction of sp³-hybridized carbons (Fsp3) is 0.167. The van der Waals surface area contributed by atoms with Gasteiger partial charge in [-0.2, -0.15) is 5.10 Å². The fourth-order valence-corrected chi connectivity index (χ4v) is 1.87. The van der Waals surface area contributed by atoms with Gasteiger partial charge in [-0.15, -0.1) is 5.10 Å². The molecular formula is C12H13N7. The zero-order valence-corrected chi connectivity index (χ0v) is 10.4. The van der Waals surface area contributed by atoms with Crippen molar-refractivity contribution in [2.45, 2.75) is 13.5 Å². The maximum Gasteiger partial charge on any atom is 0.143 e. The van der Waals surface area contributed by atoms with Crippen LogP contribution in [-0.4, -0.2) is 30.4 Å². The third-order valence-electron chi connectivity index (χ3n) is 2.83. The Morgan fingerprint density at radius 2 is 2.26 bits per heavy atom. The zero-order valence-electron chi connectivity index (χ0n) is 10.4. The zero-order chi connectivity index (χ0) is 13.1. The van der Waals surface area contributed by atoms with Gasteiger partial charge in [0.2, 0.25) is 0 Å². The average Bonchev–Trinajstić information content (AvgIpc) is 3.10. The number of hydrogen-bond donors (Lipinski definition) is 2. The van der Waals surface area contributed by atoms with Crippen LogP contribution in [0.15, 0.2) is 36.8 Å². The van der Waals surface area contributed by atoms with Crippen LogP contribution in [-0.2, 0) is 6.54 Å². The van der Waals surface area contributed by atoms with Gasteiger partial charge in [0.05, 0.1) is 17.9 Å². The summed E-state index contributed by atoms with van der Waals surface area (Å²) < 4.78 is 1.65. The molecule has 0 saturated carbocycles. The molecule has 96 valence electrons. The number of rotatable bonds is 4. The van der Waals surface area contributed by atoms with Gasteiger partial charge in [-0.1, -0.05) is 0 Å². The number of nitrogens with one attached hydrogen (secondary N) is 2. The number of H-pyrrole nitrogens is 1. The molecule has 0 atom stereocenters. The van der Waals surface area contributed by atoms with E-state index in [0.29, 0.717) is 6.54 Å². The van der Waals surface area contributed by atoms with E-state index in [2.05, 4.69) is 37.1 Å². The molecule has 0 amide bonds. The van der Waals surface area contributed by atoms with Gasteiger partial charge in [0.25, 0.3) is 0 Å². The van der Waals surface area contributed by atoms with Crippen LogP contribution in [0.5, 0.6) is 0 Å². The highest BCUT2D eigenvalue weighted by Gasteiger charge is 2.03. The summed E-state index contributed by atoms with van der Waals surface area (Å²) >= 11 is 0. The highest BCUT2D eigenvalue weighted by Crippen LogP contribution is 2.18. The summed E-state index contributed by atoms with van der Waals surface area (Å²) in [6.07, 6.45) is 3.32. The summed E-state index contributed by atoms with van der Waals surface area (Å²) in [6, 6.07) is 7.99. The SMILES string of the molecule is Cc1cc(NCc2ccn[nH]2)ccc1-n1cnnn1. The van der Waals surface area contributed by atoms with E-state index in [0.717, 1.165) is 22.6 Å². The normalized spacial score (nSPS) is 10.6. The number of benzene rings is 1. The van der Waals surface area contributed by atoms with Crippen LogP contribution in [0.25, 0.3) is 5.69 Å². The van der Waals surface area contributed by atoms with Crippen LogP contribution in [0.4, 0.5) is 5.69 Å². The Morgan fingerprint density at radius 3 is 2.95 bits per heavy atom. The molecule has 1 aromatic carbocycles. The third kappa shape index (κ3) is 2.44. The molecule has 0 aliphatic heterocycles. The lowest BCUT2D eigenvalue weighted by atomic mass is 10.2. The largest absolute Gasteiger partial charge is 0.379 e. The second-order valence-electron chi connectivity index (χ2n) is 4.19. The molecule has 19 heavy (non-hydrogen) atoms. The number of hydrogen-bond acceptors (Lipinski definition) is 5. The lowest BCUT2D eigenvalue weighted by Crippen LogP contribution is -2.02. The van der Waals surface area contributed by atoms with E-state index in [1.165, 1.54) is 0 Å². The second kappa shape index (κ2) is 4.89. The predicted molar refractivity (Wildman–Crippen MR) is 69.8 cm³/mol. The summed E-state index contributed by atoms with van der Waals surface area (Å²) in [5, 5.41) is 21.3. The van der Waals surface area contributed by atoms with Crippen molar-refractivity contribution >= 4 is 5.69 Å². The van der Waals surface area contributed by atoms with Crippen molar-refractivity contribution in [2.75, 3.05) is 5.32 Å². The van der Waals surface area contributed by atoms with Crippen molar-refractivity contribution in [2.24, 2.45) is 0 Å². The maximum atomic E-state index is 3.91. The second-order valence-corrected chi connectivity index (χ2v) is 4.19. The molecule has 7 nitrogen and oxygen atoms in total. The van der Waals surface area contributed by atoms with Gasteiger partial charge in [0.1, 0.15) is 6.33 Å². The summed E-state index contributed by atoms with van der Waals surface area (Å²) in [7, 11) is 0. The lowest BCUT2D eigenvalue weighted by molar-refractivity contribution is 0.785. The summed E-state index contributed by atoms with van der Waals surface area (Å²) in [6.45, 7) is 2.74. The van der Waals surface area contributed by atoms with Crippen molar-refractivity contribution in [3.05, 3.63) is 48.0 Å². The van der Waals surface area contributed by atoms with Gasteiger partial charge in [-0.05, 0) is 47.2 Å². The Bertz CT molecular complexity index is 643. The van der Waals surface area contributed by atoms with E-state index < -0.39 is 0 Å². The number of nitrogens with zero attached hydrogens (tertiary/aromatic N) is 5. The van der Waals surface area contributed by atoms with Gasteiger partial charge in [-0.25, -0.2) is 4.68 Å². The standard InChI is InChI=1S/C12H13N7/c1-9-6-10(13-7-11-4-5-14-16-11)2-3-12(9)19-8-15-17-18-19/h2-6,8,13H,7H2,1H3,(H,14,16). The smallest absolute Gasteiger partial charge is 0.143 e. The molecule has 3 rings (SSSR count). The van der Waals surface area contributed by atoms with Crippen molar-refractivity contribution < 1.29 is 0 Å². The van der Waals surface area contributed by atoms with Crippen LogP contribution >= 0.6 is 0 Å². The van der Waals surface area contributed by atoms with Crippen LogP contribution in [0.1, 0.15) is 11.3 Å². The molecule has 0 aliphatic rings. The molecule has 0 aliphatic carbocycles. The quantitative estimate of drug-likeness (QED) is 0.734. The van der Waals surface area contributed by atoms with E-state index >= 15 is 0 Å². The maximum absolute atomic E-state index is 3.91. The Labute approximate surface area is 109 Å². The van der Waals surface area contributed by atoms with Gasteiger partial charge in [-0.3, -0.25) is 5.10 Å². The lowest BCUT2D eigenvalue weighted by Gasteiger charge is -2.09. The molecular weight excluding hydrogens is 242 g/mol. The Kier molecular flexibility index (Phi) is 2.93. The van der Waals surface area contributed by atoms with Gasteiger partial charge in [0.15, 0.2) is 0 Å². The van der Waals surface area contributed by atoms with Crippen LogP contribution < -0.4 is 5.32 Å². The monoisotopic (exact) mass is 255 g/mol. The van der Waals surface area contributed by atoms with Crippen molar-refractivity contribution in [3.63, 3.8) is 0 Å². The molecule has 0 unspecified atom stereocenters. The molecule has 0 fully saturated rings. The van der Waals surface area contributed by atoms with Gasteiger partial charge >= 0.3 is 0 Å². The first kappa shape index (κ1) is 11.4. The number of tetrazole rings is 1. The minimum Gasteiger partial charge on any atom is -0.379 e. The van der Waals surface area contributed by atoms with Crippen LogP contribution in [0, 0.1) is 6.92 Å². The third-order valence-corrected chi connectivity index (χ3v) is 2.83. The van der Waals surface area contributed by atoms with Gasteiger partial charge < -0.3 is 5.32 Å². The molecule has 7 heteroatoms. The van der Waals surface area contributed by atoms with E-state index in [9.17, 15) is 0 Å². The Hall–Kier alpha value is -2.70. The minimum atomic E-state index is 0.712. The first-order valence-corrected chi connectivity index (χ1v) is 5.89. The Morgan fingerprint density at radius 1 is 1.32 bits per heavy atom. The topological polar surface area (TPSA) is 84.3 Å². The average molecular weight is 255 g/mol. The van der Waals surface area contributed by atoms with E-state index in [-0.39, 0.29) is 0 Å². The number of anilines is 1. The van der Waals surface area contributed by atoms with E-state index in [4.69, 9.17) is 0 Å². The molecule has 2 heterocycles. The number of aromatic amines is 1. The van der Waals surface area contributed by atoms with Crippen molar-refractivity contribution in [1.29, 1.82) is 0 Å². The van der Waals surface area contributed by atoms with Crippen molar-refractivity contribution in [3.8, 4) is 5.69 Å². The van der Waals surface area contributed by atoms with Crippen LogP contribution in [0.2, 0.25) is 0 Å². The molecule has 2 N–H and O–H groups in total. The van der Waals surface area contributed by atoms with E-state index in [1.807, 2.05) is 25.1 Å². The highest BCUT2D eigenvalue weighted by molar-refractivity contribution is 5.53. The molecule has 2 aromatic heterocycles. The Balaban J connectivity index is 1.76. The highest BCUT2D eigenvalue weighted by atomic mass is 15.5. The van der Waals surface area contributed by atoms with Gasteiger partial charge in [0, 0.05) is 11.9 Å². The predicted octanol–water partition coefficient (Wildman–Crippen LogP) is 1.31. The number of aryl methyl sites for hydroxylation is 1. The molecule has 0 radical (unpaired) electrons. The number of aromatic nitrogens is 6. The fourth-order valence-electron chi connectivity index (χ4n) is 1.87. The minimum absolute atomic E-state index is 0.712. The first-order chi connectivity index (χ1) is 9.33. The first-order valence-electron chi connectivity index (χ1n) is 5.89. The molecule has 3 aromatic rings. The molecule has 0 saturated heterocycles.